The van der Waals surface area contributed by atoms with Crippen LogP contribution >= 0.6 is 0 Å². The van der Waals surface area contributed by atoms with E-state index in [9.17, 15) is 29.0 Å². The number of benzene rings is 1. The maximum atomic E-state index is 10.5. The zero-order valence-electron chi connectivity index (χ0n) is 6.98. The first-order valence-corrected chi connectivity index (χ1v) is 4.53. The van der Waals surface area contributed by atoms with Crippen molar-refractivity contribution in [3.63, 3.8) is 0 Å². The fourth-order valence-corrected chi connectivity index (χ4v) is 1.39. The molecule has 0 spiro atoms. The highest BCUT2D eigenvalue weighted by Crippen LogP contribution is 2.26. The number of non-ortho nitro benzene ring substituents is 1. The molecule has 0 radical (unpaired) electrons. The summed E-state index contributed by atoms with van der Waals surface area (Å²) < 4.78 is 21.1. The van der Waals surface area contributed by atoms with Gasteiger partial charge >= 0.3 is 0 Å². The molecular formula is C6H3N2O6S-. The molecule has 1 aromatic rings. The van der Waals surface area contributed by atoms with Crippen LogP contribution in [-0.4, -0.2) is 18.6 Å². The van der Waals surface area contributed by atoms with E-state index < -0.39 is 37.2 Å². The summed E-state index contributed by atoms with van der Waals surface area (Å²) in [5.74, 6) is 0. The highest BCUT2D eigenvalue weighted by Gasteiger charge is 2.19. The molecule has 9 heteroatoms. The average Bonchev–Trinajstić information content (AvgIpc) is 2.16. The predicted octanol–water partition coefficient (Wildman–Crippen LogP) is 0.741. The topological polar surface area (TPSA) is 126 Å². The van der Waals surface area contributed by atoms with Crippen molar-refractivity contribution in [1.29, 1.82) is 0 Å². The third kappa shape index (κ3) is 2.33. The highest BCUT2D eigenvalue weighted by atomic mass is 32.2. The highest BCUT2D eigenvalue weighted by molar-refractivity contribution is 7.79. The van der Waals surface area contributed by atoms with E-state index >= 15 is 0 Å². The lowest BCUT2D eigenvalue weighted by Gasteiger charge is -2.04. The van der Waals surface area contributed by atoms with Crippen LogP contribution in [0.4, 0.5) is 11.4 Å². The summed E-state index contributed by atoms with van der Waals surface area (Å²) in [6.45, 7) is 0. The van der Waals surface area contributed by atoms with Gasteiger partial charge in [0, 0.05) is 6.07 Å². The van der Waals surface area contributed by atoms with E-state index in [0.717, 1.165) is 12.1 Å². The predicted molar refractivity (Wildman–Crippen MR) is 46.9 cm³/mol. The first-order chi connectivity index (χ1) is 6.93. The van der Waals surface area contributed by atoms with E-state index in [-0.39, 0.29) is 0 Å². The molecule has 0 N–H and O–H groups in total. The Hall–Kier alpha value is -1.87. The third-order valence-corrected chi connectivity index (χ3v) is 2.23. The largest absolute Gasteiger partial charge is 0.768 e. The van der Waals surface area contributed by atoms with Gasteiger partial charge in [0.15, 0.2) is 0 Å². The zero-order valence-corrected chi connectivity index (χ0v) is 7.80. The van der Waals surface area contributed by atoms with Gasteiger partial charge in [-0.3, -0.25) is 24.4 Å². The minimum Gasteiger partial charge on any atom is -0.768 e. The number of rotatable bonds is 3. The Morgan fingerprint density at radius 2 is 1.73 bits per heavy atom. The van der Waals surface area contributed by atoms with Gasteiger partial charge in [-0.1, -0.05) is 0 Å². The molecule has 15 heavy (non-hydrogen) atoms. The quantitative estimate of drug-likeness (QED) is 0.428. The third-order valence-electron chi connectivity index (χ3n) is 1.53. The van der Waals surface area contributed by atoms with E-state index in [1.54, 1.807) is 0 Å². The summed E-state index contributed by atoms with van der Waals surface area (Å²) in [5.41, 5.74) is -1.34. The minimum atomic E-state index is -2.80. The molecule has 8 nitrogen and oxygen atoms in total. The minimum absolute atomic E-state index is 0.532. The lowest BCUT2D eigenvalue weighted by atomic mass is 10.3. The van der Waals surface area contributed by atoms with Crippen molar-refractivity contribution >= 4 is 22.5 Å². The second-order valence-corrected chi connectivity index (χ2v) is 3.31. The fraction of sp³-hybridized carbons (Fsp3) is 0. The number of nitro groups is 2. The van der Waals surface area contributed by atoms with Gasteiger partial charge < -0.3 is 4.55 Å². The normalized spacial score (nSPS) is 12.1. The van der Waals surface area contributed by atoms with Gasteiger partial charge in [0.25, 0.3) is 11.4 Å². The molecule has 0 saturated carbocycles. The molecule has 1 atom stereocenters. The van der Waals surface area contributed by atoms with Crippen molar-refractivity contribution in [2.24, 2.45) is 0 Å². The van der Waals surface area contributed by atoms with E-state index in [0.29, 0.717) is 6.07 Å². The molecule has 0 amide bonds. The van der Waals surface area contributed by atoms with Crippen LogP contribution in [0.1, 0.15) is 0 Å². The van der Waals surface area contributed by atoms with Crippen molar-refractivity contribution in [2.45, 2.75) is 4.90 Å². The summed E-state index contributed by atoms with van der Waals surface area (Å²) in [5, 5.41) is 20.7. The second-order valence-electron chi connectivity index (χ2n) is 2.40. The van der Waals surface area contributed by atoms with Crippen LogP contribution < -0.4 is 0 Å². The van der Waals surface area contributed by atoms with Gasteiger partial charge in [0.2, 0.25) is 0 Å². The van der Waals surface area contributed by atoms with E-state index in [2.05, 4.69) is 0 Å². The molecule has 0 aliphatic heterocycles. The molecule has 1 aromatic carbocycles. The summed E-state index contributed by atoms with van der Waals surface area (Å²) in [6, 6.07) is 2.31. The Morgan fingerprint density at radius 3 is 2.13 bits per heavy atom. The first-order valence-electron chi connectivity index (χ1n) is 3.45. The molecule has 1 unspecified atom stereocenters. The van der Waals surface area contributed by atoms with Gasteiger partial charge in [-0.15, -0.1) is 0 Å². The SMILES string of the molecule is O=[N+]([O-])c1ccc(S(=O)[O-])c([N+](=O)[O-])c1. The van der Waals surface area contributed by atoms with Crippen LogP contribution in [0.2, 0.25) is 0 Å². The van der Waals surface area contributed by atoms with E-state index in [1.165, 1.54) is 0 Å². The molecule has 0 aliphatic rings. The van der Waals surface area contributed by atoms with Crippen LogP contribution in [0.25, 0.3) is 0 Å². The number of nitro benzene ring substituents is 2. The Balaban J connectivity index is 3.40. The van der Waals surface area contributed by atoms with Crippen molar-refractivity contribution in [2.75, 3.05) is 0 Å². The van der Waals surface area contributed by atoms with Crippen molar-refractivity contribution in [3.8, 4) is 0 Å². The van der Waals surface area contributed by atoms with Gasteiger partial charge in [-0.05, 0) is 17.1 Å². The molecule has 0 heterocycles. The first kappa shape index (κ1) is 11.2. The Morgan fingerprint density at radius 1 is 1.13 bits per heavy atom. The van der Waals surface area contributed by atoms with Crippen LogP contribution in [0.3, 0.4) is 0 Å². The van der Waals surface area contributed by atoms with Gasteiger partial charge in [-0.25, -0.2) is 0 Å². The second kappa shape index (κ2) is 4.11. The summed E-state index contributed by atoms with van der Waals surface area (Å²) >= 11 is -2.80. The Labute approximate surface area is 85.1 Å². The van der Waals surface area contributed by atoms with Gasteiger partial charge in [0.1, 0.15) is 4.90 Å². The van der Waals surface area contributed by atoms with Crippen LogP contribution in [0.5, 0.6) is 0 Å². The maximum Gasteiger partial charge on any atom is 0.291 e. The van der Waals surface area contributed by atoms with Crippen molar-refractivity contribution in [1.82, 2.24) is 0 Å². The number of hydrogen-bond donors (Lipinski definition) is 0. The Bertz CT molecular complexity index is 459. The maximum absolute atomic E-state index is 10.5. The van der Waals surface area contributed by atoms with Crippen molar-refractivity contribution < 1.29 is 18.6 Å². The summed E-state index contributed by atoms with van der Waals surface area (Å²) in [6.07, 6.45) is 0. The average molecular weight is 231 g/mol. The van der Waals surface area contributed by atoms with Crippen LogP contribution in [-0.2, 0) is 11.1 Å². The van der Waals surface area contributed by atoms with Crippen LogP contribution in [0.15, 0.2) is 23.1 Å². The Kier molecular flexibility index (Phi) is 3.07. The standard InChI is InChI=1S/C6H4N2O6S/c9-7(10)4-1-2-6(15(13)14)5(3-4)8(11)12/h1-3H,(H,13,14)/p-1. The van der Waals surface area contributed by atoms with E-state index in [1.807, 2.05) is 0 Å². The van der Waals surface area contributed by atoms with Crippen LogP contribution in [0, 0.1) is 20.2 Å². The molecule has 1 rings (SSSR count). The van der Waals surface area contributed by atoms with Gasteiger partial charge in [-0.2, -0.15) is 0 Å². The lowest BCUT2D eigenvalue weighted by Crippen LogP contribution is -1.99. The lowest BCUT2D eigenvalue weighted by molar-refractivity contribution is -0.396. The molecule has 80 valence electrons. The number of nitrogens with zero attached hydrogens (tertiary/aromatic N) is 2. The summed E-state index contributed by atoms with van der Waals surface area (Å²) in [7, 11) is 0. The van der Waals surface area contributed by atoms with Crippen molar-refractivity contribution in [3.05, 3.63) is 38.4 Å². The molecule has 0 saturated heterocycles. The zero-order chi connectivity index (χ0) is 11.6. The van der Waals surface area contributed by atoms with Gasteiger partial charge in [0.05, 0.1) is 15.9 Å². The molecular weight excluding hydrogens is 228 g/mol. The molecule has 0 bridgehead atoms. The molecule has 0 fully saturated rings. The number of hydrogen-bond acceptors (Lipinski definition) is 6. The fourth-order valence-electron chi connectivity index (χ4n) is 0.903. The summed E-state index contributed by atoms with van der Waals surface area (Å²) in [4.78, 5) is 18.3. The monoisotopic (exact) mass is 231 g/mol. The molecule has 0 aromatic heterocycles. The van der Waals surface area contributed by atoms with E-state index in [4.69, 9.17) is 0 Å². The smallest absolute Gasteiger partial charge is 0.291 e. The molecule has 0 aliphatic carbocycles.